The topological polar surface area (TPSA) is 73.9 Å². The van der Waals surface area contributed by atoms with Crippen molar-refractivity contribution in [1.29, 1.82) is 0 Å². The van der Waals surface area contributed by atoms with Crippen LogP contribution in [0.5, 0.6) is 11.5 Å². The van der Waals surface area contributed by atoms with Crippen molar-refractivity contribution in [1.82, 2.24) is 0 Å². The minimum atomic E-state index is -0.671. The maximum Gasteiger partial charge on any atom is 0.338 e. The van der Waals surface area contributed by atoms with E-state index in [0.29, 0.717) is 35.8 Å². The van der Waals surface area contributed by atoms with Crippen LogP contribution in [0.2, 0.25) is 0 Å². The van der Waals surface area contributed by atoms with Gasteiger partial charge in [-0.1, -0.05) is 32.4 Å². The zero-order valence-corrected chi connectivity index (χ0v) is 16.6. The smallest absolute Gasteiger partial charge is 0.338 e. The van der Waals surface area contributed by atoms with Gasteiger partial charge in [-0.05, 0) is 49.2 Å². The lowest BCUT2D eigenvalue weighted by Gasteiger charge is -2.19. The molecule has 0 aliphatic rings. The molecule has 0 aliphatic carbocycles. The van der Waals surface area contributed by atoms with Crippen molar-refractivity contribution in [2.45, 2.75) is 39.2 Å². The van der Waals surface area contributed by atoms with Gasteiger partial charge in [-0.25, -0.2) is 4.79 Å². The Labute approximate surface area is 165 Å². The van der Waals surface area contributed by atoms with Crippen LogP contribution in [-0.4, -0.2) is 31.7 Å². The van der Waals surface area contributed by atoms with E-state index in [9.17, 15) is 9.59 Å². The molecule has 0 saturated heterocycles. The van der Waals surface area contributed by atoms with Crippen LogP contribution in [-0.2, 0) is 9.53 Å². The lowest BCUT2D eigenvalue weighted by molar-refractivity contribution is -0.122. The van der Waals surface area contributed by atoms with Crippen LogP contribution in [0.1, 0.15) is 43.5 Å². The van der Waals surface area contributed by atoms with Gasteiger partial charge in [0.05, 0.1) is 19.3 Å². The van der Waals surface area contributed by atoms with Crippen molar-refractivity contribution in [3.05, 3.63) is 54.1 Å². The molecule has 0 radical (unpaired) electrons. The molecule has 2 aromatic rings. The number of amides is 1. The third kappa shape index (κ3) is 6.01. The van der Waals surface area contributed by atoms with Crippen molar-refractivity contribution in [2.75, 3.05) is 19.0 Å². The molecule has 1 unspecified atom stereocenters. The third-order valence-corrected chi connectivity index (χ3v) is 4.12. The molecule has 0 aliphatic heterocycles. The van der Waals surface area contributed by atoms with Crippen LogP contribution in [0, 0.1) is 0 Å². The first-order valence-corrected chi connectivity index (χ1v) is 9.46. The number of hydrogen-bond acceptors (Lipinski definition) is 5. The SMILES string of the molecule is CCCCOC(=O)c1ccc(NC(=O)C(CC)Oc2ccccc2OC)cc1. The van der Waals surface area contributed by atoms with Crippen molar-refractivity contribution >= 4 is 17.6 Å². The summed E-state index contributed by atoms with van der Waals surface area (Å²) in [4.78, 5) is 24.5. The molecule has 150 valence electrons. The molecule has 1 atom stereocenters. The molecular formula is C22H27NO5. The highest BCUT2D eigenvalue weighted by atomic mass is 16.5. The van der Waals surface area contributed by atoms with E-state index >= 15 is 0 Å². The average molecular weight is 385 g/mol. The number of carbonyl (C=O) groups excluding carboxylic acids is 2. The summed E-state index contributed by atoms with van der Waals surface area (Å²) < 4.78 is 16.3. The molecule has 0 fully saturated rings. The minimum Gasteiger partial charge on any atom is -0.493 e. The summed E-state index contributed by atoms with van der Waals surface area (Å²) in [5, 5.41) is 2.81. The maximum atomic E-state index is 12.6. The first kappa shape index (κ1) is 21.3. The van der Waals surface area contributed by atoms with E-state index in [4.69, 9.17) is 14.2 Å². The van der Waals surface area contributed by atoms with Crippen LogP contribution in [0.15, 0.2) is 48.5 Å². The average Bonchev–Trinajstić information content (AvgIpc) is 2.72. The second-order valence-corrected chi connectivity index (χ2v) is 6.22. The number of para-hydroxylation sites is 2. The van der Waals surface area contributed by atoms with Gasteiger partial charge in [0.1, 0.15) is 0 Å². The van der Waals surface area contributed by atoms with Crippen molar-refractivity contribution < 1.29 is 23.8 Å². The molecule has 1 N–H and O–H groups in total. The molecule has 0 bridgehead atoms. The number of carbonyl (C=O) groups is 2. The van der Waals surface area contributed by atoms with Gasteiger partial charge in [0, 0.05) is 5.69 Å². The fourth-order valence-corrected chi connectivity index (χ4v) is 2.50. The molecule has 0 heterocycles. The number of benzene rings is 2. The molecule has 28 heavy (non-hydrogen) atoms. The quantitative estimate of drug-likeness (QED) is 0.483. The van der Waals surface area contributed by atoms with Gasteiger partial charge in [0.15, 0.2) is 17.6 Å². The predicted octanol–water partition coefficient (Wildman–Crippen LogP) is 4.45. The highest BCUT2D eigenvalue weighted by Gasteiger charge is 2.20. The standard InChI is InChI=1S/C22H27NO5/c1-4-6-15-27-22(25)16-11-13-17(14-12-16)23-21(24)18(5-2)28-20-10-8-7-9-19(20)26-3/h7-14,18H,4-6,15H2,1-3H3,(H,23,24). The Kier molecular flexibility index (Phi) is 8.34. The fourth-order valence-electron chi connectivity index (χ4n) is 2.50. The van der Waals surface area contributed by atoms with Crippen LogP contribution in [0.25, 0.3) is 0 Å². The Morgan fingerprint density at radius 3 is 2.29 bits per heavy atom. The first-order valence-electron chi connectivity index (χ1n) is 9.46. The zero-order valence-electron chi connectivity index (χ0n) is 16.6. The Balaban J connectivity index is 1.97. The van der Waals surface area contributed by atoms with Gasteiger partial charge >= 0.3 is 5.97 Å². The monoisotopic (exact) mass is 385 g/mol. The van der Waals surface area contributed by atoms with Crippen molar-refractivity contribution in [3.63, 3.8) is 0 Å². The number of hydrogen-bond donors (Lipinski definition) is 1. The summed E-state index contributed by atoms with van der Waals surface area (Å²) in [5.74, 6) is 0.445. The summed E-state index contributed by atoms with van der Waals surface area (Å²) in [5.41, 5.74) is 1.03. The molecule has 0 saturated carbocycles. The molecule has 1 amide bonds. The van der Waals surface area contributed by atoms with E-state index < -0.39 is 6.10 Å². The van der Waals surface area contributed by atoms with Gasteiger partial charge in [-0.2, -0.15) is 0 Å². The molecule has 0 spiro atoms. The Bertz CT molecular complexity index is 773. The van der Waals surface area contributed by atoms with Crippen LogP contribution in [0.4, 0.5) is 5.69 Å². The maximum absolute atomic E-state index is 12.6. The second kappa shape index (κ2) is 11.0. The van der Waals surface area contributed by atoms with E-state index in [1.165, 1.54) is 0 Å². The molecular weight excluding hydrogens is 358 g/mol. The molecule has 0 aromatic heterocycles. The van der Waals surface area contributed by atoms with Crippen molar-refractivity contribution in [3.8, 4) is 11.5 Å². The van der Waals surface area contributed by atoms with Crippen LogP contribution in [0.3, 0.4) is 0 Å². The summed E-state index contributed by atoms with van der Waals surface area (Å²) in [6.45, 7) is 4.31. The predicted molar refractivity (Wildman–Crippen MR) is 108 cm³/mol. The summed E-state index contributed by atoms with van der Waals surface area (Å²) in [7, 11) is 1.55. The van der Waals surface area contributed by atoms with E-state index in [0.717, 1.165) is 12.8 Å². The first-order chi connectivity index (χ1) is 13.6. The highest BCUT2D eigenvalue weighted by Crippen LogP contribution is 2.27. The number of esters is 1. The number of ether oxygens (including phenoxy) is 3. The Morgan fingerprint density at radius 1 is 1.00 bits per heavy atom. The van der Waals surface area contributed by atoms with Gasteiger partial charge in [0.2, 0.25) is 0 Å². The largest absolute Gasteiger partial charge is 0.493 e. The third-order valence-electron chi connectivity index (χ3n) is 4.12. The van der Waals surface area contributed by atoms with E-state index in [1.807, 2.05) is 26.0 Å². The van der Waals surface area contributed by atoms with E-state index in [-0.39, 0.29) is 11.9 Å². The van der Waals surface area contributed by atoms with Crippen LogP contribution < -0.4 is 14.8 Å². The van der Waals surface area contributed by atoms with Crippen LogP contribution >= 0.6 is 0 Å². The van der Waals surface area contributed by atoms with Gasteiger partial charge in [-0.15, -0.1) is 0 Å². The Morgan fingerprint density at radius 2 is 1.68 bits per heavy atom. The molecule has 2 aromatic carbocycles. The molecule has 2 rings (SSSR count). The van der Waals surface area contributed by atoms with Crippen molar-refractivity contribution in [2.24, 2.45) is 0 Å². The molecule has 6 nitrogen and oxygen atoms in total. The zero-order chi connectivity index (χ0) is 20.4. The second-order valence-electron chi connectivity index (χ2n) is 6.22. The highest BCUT2D eigenvalue weighted by molar-refractivity contribution is 5.95. The number of anilines is 1. The summed E-state index contributed by atoms with van der Waals surface area (Å²) in [6.07, 6.45) is 1.62. The number of unbranched alkanes of at least 4 members (excludes halogenated alkanes) is 1. The normalized spacial score (nSPS) is 11.4. The Hall–Kier alpha value is -3.02. The van der Waals surface area contributed by atoms with Gasteiger partial charge in [-0.3, -0.25) is 4.79 Å². The summed E-state index contributed by atoms with van der Waals surface area (Å²) >= 11 is 0. The fraction of sp³-hybridized carbons (Fsp3) is 0.364. The lowest BCUT2D eigenvalue weighted by atomic mass is 10.2. The minimum absolute atomic E-state index is 0.272. The molecule has 6 heteroatoms. The van der Waals surface area contributed by atoms with E-state index in [2.05, 4.69) is 5.32 Å². The summed E-state index contributed by atoms with van der Waals surface area (Å²) in [6, 6.07) is 13.8. The van der Waals surface area contributed by atoms with E-state index in [1.54, 1.807) is 43.5 Å². The lowest BCUT2D eigenvalue weighted by Crippen LogP contribution is -2.32. The number of methoxy groups -OCH3 is 1. The van der Waals surface area contributed by atoms with Gasteiger partial charge < -0.3 is 19.5 Å². The van der Waals surface area contributed by atoms with Gasteiger partial charge in [0.25, 0.3) is 5.91 Å². The number of rotatable bonds is 10. The number of nitrogens with one attached hydrogen (secondary N) is 1.